The molecule has 3 rings (SSSR count). The predicted octanol–water partition coefficient (Wildman–Crippen LogP) is 0.399. The molecule has 0 atom stereocenters. The minimum absolute atomic E-state index is 0.000113. The van der Waals surface area contributed by atoms with E-state index in [0.717, 1.165) is 0 Å². The van der Waals surface area contributed by atoms with Crippen LogP contribution in [0.25, 0.3) is 11.1 Å². The lowest BCUT2D eigenvalue weighted by atomic mass is 10.0. The van der Waals surface area contributed by atoms with Gasteiger partial charge < -0.3 is 15.2 Å². The summed E-state index contributed by atoms with van der Waals surface area (Å²) < 4.78 is 5.19. The van der Waals surface area contributed by atoms with Gasteiger partial charge in [0.15, 0.2) is 12.3 Å². The van der Waals surface area contributed by atoms with E-state index >= 15 is 0 Å². The molecule has 0 spiro atoms. The van der Waals surface area contributed by atoms with Crippen LogP contribution >= 0.6 is 0 Å². The number of H-pyrrole nitrogens is 2. The SMILES string of the molecule is O=C1COc2ccc(-c3c(C(=O)O)[nH][nH]c3=O)cc2N1. The third-order valence-electron chi connectivity index (χ3n) is 2.89. The van der Waals surface area contributed by atoms with Crippen molar-refractivity contribution in [1.29, 1.82) is 0 Å². The molecule has 4 N–H and O–H groups in total. The molecular weight excluding hydrogens is 266 g/mol. The second-order valence-corrected chi connectivity index (χ2v) is 4.18. The Bertz CT molecular complexity index is 774. The smallest absolute Gasteiger partial charge is 0.354 e. The highest BCUT2D eigenvalue weighted by molar-refractivity contribution is 5.98. The number of hydrogen-bond donors (Lipinski definition) is 4. The van der Waals surface area contributed by atoms with Gasteiger partial charge in [-0.2, -0.15) is 0 Å². The maximum absolute atomic E-state index is 11.7. The Kier molecular flexibility index (Phi) is 2.56. The lowest BCUT2D eigenvalue weighted by molar-refractivity contribution is -0.118. The maximum Gasteiger partial charge on any atom is 0.354 e. The van der Waals surface area contributed by atoms with Gasteiger partial charge in [0.25, 0.3) is 11.5 Å². The highest BCUT2D eigenvalue weighted by Gasteiger charge is 2.21. The predicted molar refractivity (Wildman–Crippen MR) is 67.9 cm³/mol. The Hall–Kier alpha value is -3.03. The highest BCUT2D eigenvalue weighted by Crippen LogP contribution is 2.32. The molecule has 0 radical (unpaired) electrons. The van der Waals surface area contributed by atoms with E-state index in [1.807, 2.05) is 0 Å². The van der Waals surface area contributed by atoms with Crippen molar-refractivity contribution in [2.45, 2.75) is 0 Å². The number of benzene rings is 1. The summed E-state index contributed by atoms with van der Waals surface area (Å²) >= 11 is 0. The molecule has 20 heavy (non-hydrogen) atoms. The van der Waals surface area contributed by atoms with Gasteiger partial charge in [-0.25, -0.2) is 4.79 Å². The number of anilines is 1. The van der Waals surface area contributed by atoms with Gasteiger partial charge in [-0.3, -0.25) is 19.8 Å². The molecule has 0 unspecified atom stereocenters. The molecule has 8 nitrogen and oxygen atoms in total. The standard InChI is InChI=1S/C12H9N3O5/c16-8-4-20-7-2-1-5(3-6(7)13-8)9-10(12(18)19)14-15-11(9)17/h1-3H,4H2,(H,13,16)(H,18,19)(H2,14,15,17). The first-order valence-corrected chi connectivity index (χ1v) is 5.67. The normalized spacial score (nSPS) is 13.3. The van der Waals surface area contributed by atoms with Crippen molar-refractivity contribution in [1.82, 2.24) is 10.2 Å². The van der Waals surface area contributed by atoms with Gasteiger partial charge in [0.1, 0.15) is 5.75 Å². The van der Waals surface area contributed by atoms with Crippen LogP contribution in [-0.2, 0) is 4.79 Å². The zero-order valence-electron chi connectivity index (χ0n) is 10.0. The Morgan fingerprint density at radius 2 is 2.05 bits per heavy atom. The maximum atomic E-state index is 11.7. The largest absolute Gasteiger partial charge is 0.482 e. The van der Waals surface area contributed by atoms with Crippen LogP contribution < -0.4 is 15.6 Å². The van der Waals surface area contributed by atoms with E-state index in [0.29, 0.717) is 17.0 Å². The lowest BCUT2D eigenvalue weighted by Gasteiger charge is -2.18. The average molecular weight is 275 g/mol. The van der Waals surface area contributed by atoms with Crippen LogP contribution in [0.2, 0.25) is 0 Å². The van der Waals surface area contributed by atoms with Gasteiger partial charge in [-0.1, -0.05) is 6.07 Å². The number of fused-ring (bicyclic) bond motifs is 1. The topological polar surface area (TPSA) is 124 Å². The van der Waals surface area contributed by atoms with Gasteiger partial charge in [0.05, 0.1) is 11.3 Å². The number of carbonyl (C=O) groups is 2. The summed E-state index contributed by atoms with van der Waals surface area (Å²) in [5.41, 5.74) is -0.0198. The van der Waals surface area contributed by atoms with Crippen LogP contribution in [0.4, 0.5) is 5.69 Å². The summed E-state index contributed by atoms with van der Waals surface area (Å²) in [4.78, 5) is 34.0. The van der Waals surface area contributed by atoms with Crippen molar-refractivity contribution >= 4 is 17.6 Å². The number of carboxylic acids is 1. The third-order valence-corrected chi connectivity index (χ3v) is 2.89. The summed E-state index contributed by atoms with van der Waals surface area (Å²) in [6, 6.07) is 4.63. The average Bonchev–Trinajstić information content (AvgIpc) is 2.80. The van der Waals surface area contributed by atoms with E-state index < -0.39 is 11.5 Å². The number of ether oxygens (including phenoxy) is 1. The number of carboxylic acid groups (broad SMARTS) is 1. The number of aromatic carboxylic acids is 1. The van der Waals surface area contributed by atoms with Crippen molar-refractivity contribution in [3.05, 3.63) is 34.2 Å². The summed E-state index contributed by atoms with van der Waals surface area (Å²) in [6.45, 7) is -0.0720. The number of nitrogens with one attached hydrogen (secondary N) is 3. The Morgan fingerprint density at radius 1 is 1.25 bits per heavy atom. The highest BCUT2D eigenvalue weighted by atomic mass is 16.5. The molecule has 2 aromatic rings. The van der Waals surface area contributed by atoms with Gasteiger partial charge in [-0.15, -0.1) is 0 Å². The van der Waals surface area contributed by atoms with E-state index in [1.54, 1.807) is 12.1 Å². The van der Waals surface area contributed by atoms with Crippen LogP contribution in [0.15, 0.2) is 23.0 Å². The monoisotopic (exact) mass is 275 g/mol. The lowest BCUT2D eigenvalue weighted by Crippen LogP contribution is -2.25. The first-order chi connectivity index (χ1) is 9.56. The summed E-state index contributed by atoms with van der Waals surface area (Å²) in [5, 5.41) is 16.2. The fraction of sp³-hybridized carbons (Fsp3) is 0.0833. The van der Waals surface area contributed by atoms with Gasteiger partial charge >= 0.3 is 5.97 Å². The quantitative estimate of drug-likeness (QED) is 0.631. The van der Waals surface area contributed by atoms with Crippen molar-refractivity contribution in [2.24, 2.45) is 0 Å². The fourth-order valence-corrected chi connectivity index (χ4v) is 2.03. The van der Waals surface area contributed by atoms with Crippen molar-refractivity contribution in [3.8, 4) is 16.9 Å². The molecule has 102 valence electrons. The zero-order valence-corrected chi connectivity index (χ0v) is 10.0. The number of aromatic nitrogens is 2. The second kappa shape index (κ2) is 4.26. The van der Waals surface area contributed by atoms with Gasteiger partial charge in [0.2, 0.25) is 0 Å². The van der Waals surface area contributed by atoms with Crippen LogP contribution in [0.5, 0.6) is 5.75 Å². The van der Waals surface area contributed by atoms with E-state index in [-0.39, 0.29) is 23.8 Å². The molecule has 0 bridgehead atoms. The van der Waals surface area contributed by atoms with Gasteiger partial charge in [0, 0.05) is 0 Å². The number of rotatable bonds is 2. The zero-order chi connectivity index (χ0) is 14.3. The molecule has 1 aromatic carbocycles. The molecule has 1 amide bonds. The van der Waals surface area contributed by atoms with E-state index in [1.165, 1.54) is 6.07 Å². The molecule has 0 saturated heterocycles. The molecule has 1 aromatic heterocycles. The first-order valence-electron chi connectivity index (χ1n) is 5.67. The minimum atomic E-state index is -1.25. The van der Waals surface area contributed by atoms with Gasteiger partial charge in [-0.05, 0) is 17.7 Å². The van der Waals surface area contributed by atoms with Crippen molar-refractivity contribution in [2.75, 3.05) is 11.9 Å². The van der Waals surface area contributed by atoms with Crippen LogP contribution in [0.1, 0.15) is 10.5 Å². The molecule has 8 heteroatoms. The number of aromatic amines is 2. The van der Waals surface area contributed by atoms with Crippen LogP contribution in [0, 0.1) is 0 Å². The van der Waals surface area contributed by atoms with Crippen molar-refractivity contribution in [3.63, 3.8) is 0 Å². The van der Waals surface area contributed by atoms with Crippen LogP contribution in [0.3, 0.4) is 0 Å². The Balaban J connectivity index is 2.14. The fourth-order valence-electron chi connectivity index (χ4n) is 2.03. The summed E-state index contributed by atoms with van der Waals surface area (Å²) in [6.07, 6.45) is 0. The third kappa shape index (κ3) is 1.83. The molecule has 1 aliphatic rings. The van der Waals surface area contributed by atoms with E-state index in [9.17, 15) is 14.4 Å². The number of hydrogen-bond acceptors (Lipinski definition) is 4. The van der Waals surface area contributed by atoms with Crippen LogP contribution in [-0.4, -0.2) is 33.8 Å². The Labute approximate surface area is 111 Å². The number of amides is 1. The Morgan fingerprint density at radius 3 is 2.80 bits per heavy atom. The van der Waals surface area contributed by atoms with Crippen molar-refractivity contribution < 1.29 is 19.4 Å². The molecule has 1 aliphatic heterocycles. The molecule has 0 saturated carbocycles. The summed E-state index contributed by atoms with van der Waals surface area (Å²) in [5.74, 6) is -1.09. The van der Waals surface area contributed by atoms with E-state index in [4.69, 9.17) is 9.84 Å². The molecule has 0 aliphatic carbocycles. The number of carbonyl (C=O) groups excluding carboxylic acids is 1. The molecular formula is C12H9N3O5. The molecule has 0 fully saturated rings. The second-order valence-electron chi connectivity index (χ2n) is 4.18. The molecule has 2 heterocycles. The minimum Gasteiger partial charge on any atom is -0.482 e. The first kappa shape index (κ1) is 12.0. The van der Waals surface area contributed by atoms with E-state index in [2.05, 4.69) is 15.5 Å². The summed E-state index contributed by atoms with van der Waals surface area (Å²) in [7, 11) is 0.